The predicted octanol–water partition coefficient (Wildman–Crippen LogP) is 2.98. The van der Waals surface area contributed by atoms with E-state index in [-0.39, 0.29) is 0 Å². The van der Waals surface area contributed by atoms with Crippen LogP contribution < -0.4 is 4.90 Å². The van der Waals surface area contributed by atoms with Crippen LogP contribution >= 0.6 is 11.3 Å². The summed E-state index contributed by atoms with van der Waals surface area (Å²) in [6.07, 6.45) is 8.67. The third kappa shape index (κ3) is 2.17. The fourth-order valence-corrected chi connectivity index (χ4v) is 4.57. The smallest absolute Gasteiger partial charge is 0.186 e. The Morgan fingerprint density at radius 2 is 2.10 bits per heavy atom. The van der Waals surface area contributed by atoms with Crippen LogP contribution in [0.2, 0.25) is 0 Å². The van der Waals surface area contributed by atoms with E-state index in [9.17, 15) is 4.79 Å². The molecule has 108 valence electrons. The molecule has 5 heteroatoms. The number of thiazole rings is 1. The number of ether oxygens (including phenoxy) is 1. The quantitative estimate of drug-likeness (QED) is 0.803. The molecule has 1 saturated heterocycles. The maximum atomic E-state index is 11.3. The van der Waals surface area contributed by atoms with Gasteiger partial charge in [0, 0.05) is 12.5 Å². The summed E-state index contributed by atoms with van der Waals surface area (Å²) in [5, 5.41) is 1.05. The third-order valence-electron chi connectivity index (χ3n) is 4.72. The largest absolute Gasteiger partial charge is 0.374 e. The van der Waals surface area contributed by atoms with Crippen molar-refractivity contribution in [2.45, 2.75) is 56.6 Å². The lowest BCUT2D eigenvalue weighted by molar-refractivity contribution is -0.00869. The minimum atomic E-state index is 0.366. The van der Waals surface area contributed by atoms with Gasteiger partial charge in [0.2, 0.25) is 0 Å². The lowest BCUT2D eigenvalue weighted by Crippen LogP contribution is -2.52. The van der Waals surface area contributed by atoms with E-state index in [1.54, 1.807) is 11.3 Å². The van der Waals surface area contributed by atoms with E-state index in [1.807, 2.05) is 0 Å². The molecule has 0 bridgehead atoms. The molecule has 2 saturated carbocycles. The van der Waals surface area contributed by atoms with Crippen molar-refractivity contribution in [3.63, 3.8) is 0 Å². The number of aromatic nitrogens is 1. The van der Waals surface area contributed by atoms with Crippen molar-refractivity contribution in [3.8, 4) is 0 Å². The molecule has 0 amide bonds. The van der Waals surface area contributed by atoms with Crippen LogP contribution in [-0.4, -0.2) is 36.6 Å². The van der Waals surface area contributed by atoms with Crippen molar-refractivity contribution in [2.75, 3.05) is 18.1 Å². The van der Waals surface area contributed by atoms with Crippen LogP contribution in [0, 0.1) is 0 Å². The van der Waals surface area contributed by atoms with Gasteiger partial charge in [-0.1, -0.05) is 24.2 Å². The van der Waals surface area contributed by atoms with Crippen LogP contribution in [-0.2, 0) is 4.74 Å². The fraction of sp³-hybridized carbons (Fsp3) is 0.733. The van der Waals surface area contributed by atoms with E-state index in [4.69, 9.17) is 9.72 Å². The molecule has 2 atom stereocenters. The van der Waals surface area contributed by atoms with Gasteiger partial charge < -0.3 is 9.64 Å². The highest BCUT2D eigenvalue weighted by Crippen LogP contribution is 2.44. The normalized spacial score (nSPS) is 30.1. The first-order valence-electron chi connectivity index (χ1n) is 7.71. The zero-order valence-electron chi connectivity index (χ0n) is 11.6. The van der Waals surface area contributed by atoms with Crippen molar-refractivity contribution in [2.24, 2.45) is 0 Å². The number of hydrogen-bond acceptors (Lipinski definition) is 5. The maximum Gasteiger partial charge on any atom is 0.186 e. The van der Waals surface area contributed by atoms with E-state index < -0.39 is 0 Å². The van der Waals surface area contributed by atoms with Crippen molar-refractivity contribution in [1.29, 1.82) is 0 Å². The molecule has 1 aromatic heterocycles. The molecule has 0 N–H and O–H groups in total. The molecule has 1 aromatic rings. The van der Waals surface area contributed by atoms with E-state index in [0.717, 1.165) is 35.1 Å². The predicted molar refractivity (Wildman–Crippen MR) is 78.8 cm³/mol. The number of hydrogen-bond donors (Lipinski definition) is 0. The van der Waals surface area contributed by atoms with Gasteiger partial charge in [0.25, 0.3) is 0 Å². The van der Waals surface area contributed by atoms with Gasteiger partial charge in [-0.05, 0) is 25.7 Å². The Bertz CT molecular complexity index is 510. The molecule has 3 aliphatic rings. The standard InChI is InChI=1S/C15H20N2O2S/c18-9-13-14(10-5-6-10)16-15(20-13)17-7-8-19-12-4-2-1-3-11(12)17/h9-12H,1-8H2. The van der Waals surface area contributed by atoms with Gasteiger partial charge in [-0.3, -0.25) is 4.79 Å². The van der Waals surface area contributed by atoms with E-state index in [1.165, 1.54) is 38.5 Å². The molecule has 3 fully saturated rings. The minimum absolute atomic E-state index is 0.366. The molecule has 0 radical (unpaired) electrons. The highest BCUT2D eigenvalue weighted by molar-refractivity contribution is 7.17. The Balaban J connectivity index is 1.63. The van der Waals surface area contributed by atoms with Gasteiger partial charge in [0.1, 0.15) is 0 Å². The summed E-state index contributed by atoms with van der Waals surface area (Å²) in [5.41, 5.74) is 1.05. The second-order valence-electron chi connectivity index (χ2n) is 6.09. The Morgan fingerprint density at radius 3 is 2.90 bits per heavy atom. The number of nitrogens with zero attached hydrogens (tertiary/aromatic N) is 2. The van der Waals surface area contributed by atoms with Crippen LogP contribution in [0.15, 0.2) is 0 Å². The Morgan fingerprint density at radius 1 is 1.25 bits per heavy atom. The average Bonchev–Trinajstić information content (AvgIpc) is 3.26. The Hall–Kier alpha value is -0.940. The zero-order valence-corrected chi connectivity index (χ0v) is 12.4. The Kier molecular flexibility index (Phi) is 3.27. The molecule has 4 nitrogen and oxygen atoms in total. The molecule has 2 aliphatic carbocycles. The molecular formula is C15H20N2O2S. The fourth-order valence-electron chi connectivity index (χ4n) is 3.52. The summed E-state index contributed by atoms with van der Waals surface area (Å²) in [7, 11) is 0. The topological polar surface area (TPSA) is 42.4 Å². The number of morpholine rings is 1. The number of rotatable bonds is 3. The lowest BCUT2D eigenvalue weighted by atomic mass is 9.90. The van der Waals surface area contributed by atoms with Crippen LogP contribution in [0.5, 0.6) is 0 Å². The number of carbonyl (C=O) groups excluding carboxylic acids is 1. The first-order chi connectivity index (χ1) is 9.86. The molecular weight excluding hydrogens is 272 g/mol. The number of anilines is 1. The highest BCUT2D eigenvalue weighted by Gasteiger charge is 2.37. The second-order valence-corrected chi connectivity index (χ2v) is 7.10. The van der Waals surface area contributed by atoms with Crippen LogP contribution in [0.25, 0.3) is 0 Å². The van der Waals surface area contributed by atoms with Gasteiger partial charge >= 0.3 is 0 Å². The van der Waals surface area contributed by atoms with Gasteiger partial charge in [0.15, 0.2) is 11.4 Å². The number of fused-ring (bicyclic) bond motifs is 1. The van der Waals surface area contributed by atoms with Crippen LogP contribution in [0.1, 0.15) is 59.8 Å². The molecule has 20 heavy (non-hydrogen) atoms. The molecule has 2 unspecified atom stereocenters. The summed E-state index contributed by atoms with van der Waals surface area (Å²) in [4.78, 5) is 19.3. The molecule has 0 aromatic carbocycles. The van der Waals surface area contributed by atoms with E-state index in [0.29, 0.717) is 18.1 Å². The van der Waals surface area contributed by atoms with Crippen molar-refractivity contribution in [1.82, 2.24) is 4.98 Å². The third-order valence-corrected chi connectivity index (χ3v) is 5.75. The van der Waals surface area contributed by atoms with Crippen LogP contribution in [0.4, 0.5) is 5.13 Å². The molecule has 4 rings (SSSR count). The summed E-state index contributed by atoms with van der Waals surface area (Å²) in [6, 6.07) is 0.468. The van der Waals surface area contributed by atoms with Gasteiger partial charge in [-0.25, -0.2) is 4.98 Å². The van der Waals surface area contributed by atoms with Crippen molar-refractivity contribution >= 4 is 22.8 Å². The molecule has 0 spiro atoms. The van der Waals surface area contributed by atoms with Crippen molar-refractivity contribution < 1.29 is 9.53 Å². The SMILES string of the molecule is O=Cc1sc(N2CCOC3CCCCC32)nc1C1CC1. The first-order valence-corrected chi connectivity index (χ1v) is 8.52. The maximum absolute atomic E-state index is 11.3. The van der Waals surface area contributed by atoms with Gasteiger partial charge in [-0.15, -0.1) is 0 Å². The summed E-state index contributed by atoms with van der Waals surface area (Å²) in [5.74, 6) is 0.545. The number of carbonyl (C=O) groups is 1. The van der Waals surface area contributed by atoms with Crippen LogP contribution in [0.3, 0.4) is 0 Å². The second kappa shape index (κ2) is 5.11. The van der Waals surface area contributed by atoms with Gasteiger partial charge in [0.05, 0.1) is 29.3 Å². The van der Waals surface area contributed by atoms with Crippen molar-refractivity contribution in [3.05, 3.63) is 10.6 Å². The molecule has 1 aliphatic heterocycles. The summed E-state index contributed by atoms with van der Waals surface area (Å²) >= 11 is 1.58. The highest BCUT2D eigenvalue weighted by atomic mass is 32.1. The monoisotopic (exact) mass is 292 g/mol. The van der Waals surface area contributed by atoms with Gasteiger partial charge in [-0.2, -0.15) is 0 Å². The Labute approximate surface area is 123 Å². The molecule has 2 heterocycles. The number of aldehydes is 1. The minimum Gasteiger partial charge on any atom is -0.374 e. The van der Waals surface area contributed by atoms with E-state index >= 15 is 0 Å². The lowest BCUT2D eigenvalue weighted by Gasteiger charge is -2.43. The summed E-state index contributed by atoms with van der Waals surface area (Å²) in [6.45, 7) is 1.70. The van der Waals surface area contributed by atoms with E-state index in [2.05, 4.69) is 4.90 Å². The zero-order chi connectivity index (χ0) is 13.5. The first kappa shape index (κ1) is 12.8. The average molecular weight is 292 g/mol. The summed E-state index contributed by atoms with van der Waals surface area (Å²) < 4.78 is 5.92.